The second-order valence-electron chi connectivity index (χ2n) is 5.89. The number of carbonyl (C=O) groups excluding carboxylic acids is 1. The number of nitriles is 1. The summed E-state index contributed by atoms with van der Waals surface area (Å²) in [5.74, 6) is -0.277. The molecular weight excluding hydrogens is 316 g/mol. The van der Waals surface area contributed by atoms with E-state index in [-0.39, 0.29) is 18.2 Å². The van der Waals surface area contributed by atoms with Gasteiger partial charge in [0, 0.05) is 7.05 Å². The first-order valence-corrected chi connectivity index (χ1v) is 7.94. The molecule has 1 saturated carbocycles. The van der Waals surface area contributed by atoms with Crippen molar-refractivity contribution in [2.24, 2.45) is 0 Å². The van der Waals surface area contributed by atoms with Gasteiger partial charge in [0.05, 0.1) is 18.3 Å². The van der Waals surface area contributed by atoms with E-state index in [9.17, 15) is 18.8 Å². The van der Waals surface area contributed by atoms with Crippen molar-refractivity contribution in [3.05, 3.63) is 24.3 Å². The Bertz CT molecular complexity index is 610. The van der Waals surface area contributed by atoms with Gasteiger partial charge in [0.25, 0.3) is 0 Å². The van der Waals surface area contributed by atoms with Gasteiger partial charge in [0.1, 0.15) is 11.3 Å². The highest BCUT2D eigenvalue weighted by atomic mass is 19.3. The second-order valence-corrected chi connectivity index (χ2v) is 5.89. The van der Waals surface area contributed by atoms with E-state index in [0.29, 0.717) is 18.5 Å². The van der Waals surface area contributed by atoms with Gasteiger partial charge in [-0.15, -0.1) is 0 Å². The highest BCUT2D eigenvalue weighted by Crippen LogP contribution is 2.32. The molecule has 5 nitrogen and oxygen atoms in total. The number of anilines is 1. The lowest BCUT2D eigenvalue weighted by atomic mass is 9.81. The van der Waals surface area contributed by atoms with E-state index < -0.39 is 12.2 Å². The van der Waals surface area contributed by atoms with Crippen LogP contribution in [-0.4, -0.2) is 36.5 Å². The molecule has 0 radical (unpaired) electrons. The number of likely N-dealkylation sites (N-methyl/N-ethyl adjacent to an activating group) is 1. The predicted octanol–water partition coefficient (Wildman–Crippen LogP) is 3.38. The Labute approximate surface area is 140 Å². The molecule has 0 spiro atoms. The zero-order valence-corrected chi connectivity index (χ0v) is 13.6. The topological polar surface area (TPSA) is 65.4 Å². The van der Waals surface area contributed by atoms with E-state index >= 15 is 0 Å². The van der Waals surface area contributed by atoms with Crippen molar-refractivity contribution in [3.63, 3.8) is 0 Å². The normalized spacial score (nSPS) is 16.3. The zero-order chi connectivity index (χ0) is 17.6. The van der Waals surface area contributed by atoms with Gasteiger partial charge in [0.15, 0.2) is 0 Å². The number of amides is 1. The number of alkyl halides is 2. The van der Waals surface area contributed by atoms with Gasteiger partial charge in [-0.25, -0.2) is 0 Å². The summed E-state index contributed by atoms with van der Waals surface area (Å²) in [7, 11) is 1.63. The van der Waals surface area contributed by atoms with Crippen molar-refractivity contribution >= 4 is 11.6 Å². The third kappa shape index (κ3) is 4.13. The summed E-state index contributed by atoms with van der Waals surface area (Å²) in [5.41, 5.74) is -0.454. The molecule has 1 aliphatic carbocycles. The molecule has 0 atom stereocenters. The summed E-state index contributed by atoms with van der Waals surface area (Å²) < 4.78 is 29.2. The summed E-state index contributed by atoms with van der Waals surface area (Å²) in [6.07, 6.45) is 4.24. The van der Waals surface area contributed by atoms with E-state index in [0.717, 1.165) is 19.3 Å². The molecule has 2 rings (SSSR count). The van der Waals surface area contributed by atoms with E-state index in [2.05, 4.69) is 16.1 Å². The molecule has 1 aromatic rings. The van der Waals surface area contributed by atoms with Gasteiger partial charge in [-0.3, -0.25) is 4.79 Å². The predicted molar refractivity (Wildman–Crippen MR) is 85.8 cm³/mol. The maximum absolute atomic E-state index is 12.4. The van der Waals surface area contributed by atoms with Crippen molar-refractivity contribution in [3.8, 4) is 11.8 Å². The Balaban J connectivity index is 2.01. The fraction of sp³-hybridized carbons (Fsp3) is 0.529. The molecule has 1 amide bonds. The van der Waals surface area contributed by atoms with Gasteiger partial charge < -0.3 is 15.0 Å². The Morgan fingerprint density at radius 3 is 2.67 bits per heavy atom. The van der Waals surface area contributed by atoms with Crippen LogP contribution in [-0.2, 0) is 4.79 Å². The minimum Gasteiger partial charge on any atom is -0.433 e. The number of halogens is 2. The highest BCUT2D eigenvalue weighted by Gasteiger charge is 2.38. The Kier molecular flexibility index (Phi) is 5.96. The molecule has 0 aromatic heterocycles. The number of carbonyl (C=O) groups is 1. The smallest absolute Gasteiger partial charge is 0.387 e. The molecule has 1 aliphatic rings. The summed E-state index contributed by atoms with van der Waals surface area (Å²) in [5, 5.41) is 12.3. The molecule has 1 aromatic carbocycles. The molecule has 0 bridgehead atoms. The van der Waals surface area contributed by atoms with Crippen LogP contribution in [0.15, 0.2) is 24.3 Å². The molecular formula is C17H21F2N3O2. The molecule has 0 saturated heterocycles. The largest absolute Gasteiger partial charge is 0.433 e. The molecule has 0 heterocycles. The maximum atomic E-state index is 12.4. The number of hydrogen-bond acceptors (Lipinski definition) is 4. The average molecular weight is 337 g/mol. The molecule has 0 unspecified atom stereocenters. The standard InChI is InChI=1S/C17H21F2N3O2/c1-22(17(12-20)9-5-2-6-10-17)15(23)11-21-13-7-3-4-8-14(13)24-16(18)19/h3-4,7-8,16,21H,2,5-6,9-11H2,1H3. The monoisotopic (exact) mass is 337 g/mol. The number of rotatable bonds is 6. The lowest BCUT2D eigenvalue weighted by Crippen LogP contribution is -2.51. The van der Waals surface area contributed by atoms with E-state index in [1.165, 1.54) is 11.0 Å². The number of hydrogen-bond donors (Lipinski definition) is 1. The third-order valence-corrected chi connectivity index (χ3v) is 4.44. The van der Waals surface area contributed by atoms with Crippen LogP contribution in [0.2, 0.25) is 0 Å². The van der Waals surface area contributed by atoms with E-state index in [4.69, 9.17) is 0 Å². The minimum atomic E-state index is -2.93. The molecule has 0 aliphatic heterocycles. The number of nitrogens with zero attached hydrogens (tertiary/aromatic N) is 2. The van der Waals surface area contributed by atoms with Crippen LogP contribution in [0.4, 0.5) is 14.5 Å². The van der Waals surface area contributed by atoms with Gasteiger partial charge >= 0.3 is 6.61 Å². The maximum Gasteiger partial charge on any atom is 0.387 e. The van der Waals surface area contributed by atoms with Crippen LogP contribution < -0.4 is 10.1 Å². The number of benzene rings is 1. The van der Waals surface area contributed by atoms with Gasteiger partial charge in [0.2, 0.25) is 5.91 Å². The Morgan fingerprint density at radius 2 is 2.04 bits per heavy atom. The SMILES string of the molecule is CN(C(=O)CNc1ccccc1OC(F)F)C1(C#N)CCCCC1. The fourth-order valence-corrected chi connectivity index (χ4v) is 3.00. The Morgan fingerprint density at radius 1 is 1.38 bits per heavy atom. The van der Waals surface area contributed by atoms with Crippen LogP contribution in [0.5, 0.6) is 5.75 Å². The van der Waals surface area contributed by atoms with Crippen molar-refractivity contribution in [2.45, 2.75) is 44.3 Å². The van der Waals surface area contributed by atoms with Crippen LogP contribution in [0, 0.1) is 11.3 Å². The molecule has 1 N–H and O–H groups in total. The van der Waals surface area contributed by atoms with Crippen molar-refractivity contribution in [2.75, 3.05) is 18.9 Å². The molecule has 24 heavy (non-hydrogen) atoms. The zero-order valence-electron chi connectivity index (χ0n) is 13.6. The first-order valence-electron chi connectivity index (χ1n) is 7.94. The van der Waals surface area contributed by atoms with Crippen LogP contribution >= 0.6 is 0 Å². The number of nitrogens with one attached hydrogen (secondary N) is 1. The number of ether oxygens (including phenoxy) is 1. The quantitative estimate of drug-likeness (QED) is 0.864. The van der Waals surface area contributed by atoms with Crippen molar-refractivity contribution in [1.29, 1.82) is 5.26 Å². The minimum absolute atomic E-state index is 0.0179. The summed E-state index contributed by atoms with van der Waals surface area (Å²) >= 11 is 0. The first-order chi connectivity index (χ1) is 11.5. The lowest BCUT2D eigenvalue weighted by Gasteiger charge is -2.39. The third-order valence-electron chi connectivity index (χ3n) is 4.44. The summed E-state index contributed by atoms with van der Waals surface area (Å²) in [6, 6.07) is 8.48. The van der Waals surface area contributed by atoms with Crippen LogP contribution in [0.1, 0.15) is 32.1 Å². The fourth-order valence-electron chi connectivity index (χ4n) is 3.00. The van der Waals surface area contributed by atoms with Crippen molar-refractivity contribution < 1.29 is 18.3 Å². The van der Waals surface area contributed by atoms with Crippen LogP contribution in [0.3, 0.4) is 0 Å². The van der Waals surface area contributed by atoms with Gasteiger partial charge in [-0.1, -0.05) is 31.4 Å². The number of para-hydroxylation sites is 2. The van der Waals surface area contributed by atoms with Crippen molar-refractivity contribution in [1.82, 2.24) is 4.90 Å². The highest BCUT2D eigenvalue weighted by molar-refractivity contribution is 5.82. The van der Waals surface area contributed by atoms with Gasteiger partial charge in [-0.05, 0) is 25.0 Å². The van der Waals surface area contributed by atoms with Gasteiger partial charge in [-0.2, -0.15) is 14.0 Å². The summed E-state index contributed by atoms with van der Waals surface area (Å²) in [4.78, 5) is 13.9. The van der Waals surface area contributed by atoms with E-state index in [1.807, 2.05) is 0 Å². The second kappa shape index (κ2) is 7.95. The average Bonchev–Trinajstić information content (AvgIpc) is 2.60. The van der Waals surface area contributed by atoms with Crippen LogP contribution in [0.25, 0.3) is 0 Å². The molecule has 7 heteroatoms. The van der Waals surface area contributed by atoms with E-state index in [1.54, 1.807) is 25.2 Å². The summed E-state index contributed by atoms with van der Waals surface area (Å²) in [6.45, 7) is -3.03. The lowest BCUT2D eigenvalue weighted by molar-refractivity contribution is -0.132. The Hall–Kier alpha value is -2.36. The molecule has 130 valence electrons. The molecule has 1 fully saturated rings. The first kappa shape index (κ1) is 18.0.